The van der Waals surface area contributed by atoms with E-state index in [4.69, 9.17) is 9.47 Å². The predicted molar refractivity (Wildman–Crippen MR) is 133 cm³/mol. The summed E-state index contributed by atoms with van der Waals surface area (Å²) >= 11 is 1.75. The van der Waals surface area contributed by atoms with Gasteiger partial charge in [-0.1, -0.05) is 31.2 Å². The molecule has 6 nitrogen and oxygen atoms in total. The summed E-state index contributed by atoms with van der Waals surface area (Å²) in [6, 6.07) is 9.97. The van der Waals surface area contributed by atoms with Crippen molar-refractivity contribution in [1.29, 1.82) is 0 Å². The number of rotatable bonds is 13. The maximum atomic E-state index is 13.5. The second kappa shape index (κ2) is 12.9. The standard InChI is InChI=1S/C26H36N2O4S/c1-4-12-27(16-21(29)18-31-14-5-2)17-26(30)28-13-10-25-22(11-15-33-25)23(28)19-32-24-9-7-6-8-20(24)3/h5-9,11,15,21,23,29H,2,4,10,12-14,16-19H2,1,3H3/t21-,23-/m0/s1. The van der Waals surface area contributed by atoms with Gasteiger partial charge in [0.1, 0.15) is 12.4 Å². The zero-order valence-electron chi connectivity index (χ0n) is 19.7. The molecule has 0 saturated heterocycles. The largest absolute Gasteiger partial charge is 0.491 e. The zero-order chi connectivity index (χ0) is 23.6. The van der Waals surface area contributed by atoms with Gasteiger partial charge in [0.25, 0.3) is 0 Å². The Morgan fingerprint density at radius 2 is 2.21 bits per heavy atom. The van der Waals surface area contributed by atoms with Crippen molar-refractivity contribution in [2.45, 2.75) is 38.8 Å². The minimum Gasteiger partial charge on any atom is -0.491 e. The number of nitrogens with zero attached hydrogens (tertiary/aromatic N) is 2. The van der Waals surface area contributed by atoms with Gasteiger partial charge in [0.2, 0.25) is 5.91 Å². The molecule has 1 N–H and O–H groups in total. The molecule has 3 rings (SSSR count). The first-order valence-electron chi connectivity index (χ1n) is 11.7. The Morgan fingerprint density at radius 1 is 1.39 bits per heavy atom. The molecule has 1 aliphatic heterocycles. The molecule has 7 heteroatoms. The molecule has 0 saturated carbocycles. The average Bonchev–Trinajstić information content (AvgIpc) is 3.28. The highest BCUT2D eigenvalue weighted by molar-refractivity contribution is 7.10. The van der Waals surface area contributed by atoms with Crippen molar-refractivity contribution in [2.24, 2.45) is 0 Å². The normalized spacial score (nSPS) is 16.5. The monoisotopic (exact) mass is 472 g/mol. The summed E-state index contributed by atoms with van der Waals surface area (Å²) in [4.78, 5) is 18.8. The van der Waals surface area contributed by atoms with Gasteiger partial charge in [-0.05, 0) is 54.9 Å². The van der Waals surface area contributed by atoms with Crippen LogP contribution >= 0.6 is 11.3 Å². The number of thiophene rings is 1. The van der Waals surface area contributed by atoms with Gasteiger partial charge in [-0.3, -0.25) is 9.69 Å². The van der Waals surface area contributed by atoms with Gasteiger partial charge >= 0.3 is 0 Å². The molecule has 0 aliphatic carbocycles. The summed E-state index contributed by atoms with van der Waals surface area (Å²) in [7, 11) is 0. The number of fused-ring (bicyclic) bond motifs is 1. The lowest BCUT2D eigenvalue weighted by Gasteiger charge is -2.37. The zero-order valence-corrected chi connectivity index (χ0v) is 20.6. The highest BCUT2D eigenvalue weighted by atomic mass is 32.1. The first kappa shape index (κ1) is 25.4. The molecular weight excluding hydrogens is 436 g/mol. The van der Waals surface area contributed by atoms with Crippen LogP contribution in [-0.2, 0) is 16.0 Å². The first-order chi connectivity index (χ1) is 16.0. The van der Waals surface area contributed by atoms with Gasteiger partial charge in [0, 0.05) is 18.0 Å². The SMILES string of the molecule is C=CCOC[C@@H](O)CN(CCC)CC(=O)N1CCc2sccc2[C@@H]1COc1ccccc1C. The molecule has 1 aromatic heterocycles. The number of aliphatic hydroxyl groups excluding tert-OH is 1. The molecule has 1 aliphatic rings. The van der Waals surface area contributed by atoms with E-state index in [-0.39, 0.29) is 25.1 Å². The lowest BCUT2D eigenvalue weighted by atomic mass is 10.00. The number of aliphatic hydroxyl groups is 1. The van der Waals surface area contributed by atoms with Gasteiger partial charge in [0.05, 0.1) is 31.9 Å². The average molecular weight is 473 g/mol. The lowest BCUT2D eigenvalue weighted by Crippen LogP contribution is -2.48. The minimum absolute atomic E-state index is 0.0675. The molecule has 2 aromatic rings. The first-order valence-corrected chi connectivity index (χ1v) is 12.5. The molecule has 180 valence electrons. The number of amides is 1. The van der Waals surface area contributed by atoms with Crippen molar-refractivity contribution in [3.8, 4) is 5.75 Å². The second-order valence-corrected chi connectivity index (χ2v) is 9.44. The van der Waals surface area contributed by atoms with Crippen LogP contribution in [0.25, 0.3) is 0 Å². The number of hydrogen-bond acceptors (Lipinski definition) is 6. The van der Waals surface area contributed by atoms with Crippen LogP contribution in [0.15, 0.2) is 48.4 Å². The predicted octanol–water partition coefficient (Wildman–Crippen LogP) is 3.84. The van der Waals surface area contributed by atoms with Crippen LogP contribution < -0.4 is 4.74 Å². The summed E-state index contributed by atoms with van der Waals surface area (Å²) in [5, 5.41) is 12.4. The maximum absolute atomic E-state index is 13.5. The number of benzene rings is 1. The van der Waals surface area contributed by atoms with Crippen LogP contribution in [0, 0.1) is 6.92 Å². The highest BCUT2D eigenvalue weighted by Gasteiger charge is 2.33. The number of hydrogen-bond donors (Lipinski definition) is 1. The van der Waals surface area contributed by atoms with E-state index >= 15 is 0 Å². The van der Waals surface area contributed by atoms with Crippen molar-refractivity contribution in [1.82, 2.24) is 9.80 Å². The summed E-state index contributed by atoms with van der Waals surface area (Å²) in [5.41, 5.74) is 2.27. The lowest BCUT2D eigenvalue weighted by molar-refractivity contribution is -0.136. The van der Waals surface area contributed by atoms with E-state index in [1.54, 1.807) is 17.4 Å². The fourth-order valence-electron chi connectivity index (χ4n) is 4.23. The van der Waals surface area contributed by atoms with Gasteiger partial charge < -0.3 is 19.5 Å². The Labute approximate surface area is 201 Å². The summed E-state index contributed by atoms with van der Waals surface area (Å²) in [5.74, 6) is 0.917. The van der Waals surface area contributed by atoms with Crippen LogP contribution in [-0.4, -0.2) is 72.9 Å². The molecule has 0 spiro atoms. The van der Waals surface area contributed by atoms with E-state index in [1.165, 1.54) is 10.4 Å². The van der Waals surface area contributed by atoms with Crippen molar-refractivity contribution in [3.63, 3.8) is 0 Å². The molecule has 1 aromatic carbocycles. The van der Waals surface area contributed by atoms with Crippen molar-refractivity contribution in [2.75, 3.05) is 46.0 Å². The van der Waals surface area contributed by atoms with Crippen molar-refractivity contribution < 1.29 is 19.4 Å². The van der Waals surface area contributed by atoms with E-state index in [2.05, 4.69) is 24.9 Å². The third-order valence-corrected chi connectivity index (χ3v) is 6.82. The number of para-hydroxylation sites is 1. The van der Waals surface area contributed by atoms with Crippen LogP contribution in [0.5, 0.6) is 5.75 Å². The molecule has 33 heavy (non-hydrogen) atoms. The molecule has 2 atom stereocenters. The smallest absolute Gasteiger partial charge is 0.237 e. The van der Waals surface area contributed by atoms with Gasteiger partial charge in [-0.15, -0.1) is 17.9 Å². The van der Waals surface area contributed by atoms with Gasteiger partial charge in [0.15, 0.2) is 0 Å². The number of aryl methyl sites for hydroxylation is 1. The van der Waals surface area contributed by atoms with E-state index in [9.17, 15) is 9.90 Å². The fraction of sp³-hybridized carbons (Fsp3) is 0.500. The maximum Gasteiger partial charge on any atom is 0.237 e. The molecule has 1 amide bonds. The van der Waals surface area contributed by atoms with Crippen LogP contribution in [0.4, 0.5) is 0 Å². The van der Waals surface area contributed by atoms with Gasteiger partial charge in [-0.25, -0.2) is 0 Å². The van der Waals surface area contributed by atoms with E-state index in [0.717, 1.165) is 30.7 Å². The fourth-order valence-corrected chi connectivity index (χ4v) is 5.16. The summed E-state index contributed by atoms with van der Waals surface area (Å²) in [6.45, 7) is 10.9. The third kappa shape index (κ3) is 7.14. The molecule has 0 fully saturated rings. The molecule has 0 unspecified atom stereocenters. The van der Waals surface area contributed by atoms with Crippen molar-refractivity contribution in [3.05, 3.63) is 64.4 Å². The Kier molecular flexibility index (Phi) is 9.94. The van der Waals surface area contributed by atoms with Crippen LogP contribution in [0.2, 0.25) is 0 Å². The third-order valence-electron chi connectivity index (χ3n) is 5.82. The topological polar surface area (TPSA) is 62.2 Å². The van der Waals surface area contributed by atoms with Crippen molar-refractivity contribution >= 4 is 17.2 Å². The molecular formula is C26H36N2O4S. The number of ether oxygens (including phenoxy) is 2. The number of carbonyl (C=O) groups excluding carboxylic acids is 1. The van der Waals surface area contributed by atoms with Crippen LogP contribution in [0.1, 0.15) is 35.4 Å². The number of carbonyl (C=O) groups is 1. The second-order valence-electron chi connectivity index (χ2n) is 8.44. The Bertz CT molecular complexity index is 900. The molecule has 0 radical (unpaired) electrons. The minimum atomic E-state index is -0.644. The van der Waals surface area contributed by atoms with E-state index in [1.807, 2.05) is 41.0 Å². The van der Waals surface area contributed by atoms with E-state index in [0.29, 0.717) is 26.3 Å². The van der Waals surface area contributed by atoms with Gasteiger partial charge in [-0.2, -0.15) is 0 Å². The quantitative estimate of drug-likeness (QED) is 0.355. The molecule has 2 heterocycles. The molecule has 0 bridgehead atoms. The van der Waals surface area contributed by atoms with Crippen LogP contribution in [0.3, 0.4) is 0 Å². The highest BCUT2D eigenvalue weighted by Crippen LogP contribution is 2.34. The Hall–Kier alpha value is -2.19. The summed E-state index contributed by atoms with van der Waals surface area (Å²) < 4.78 is 11.6. The van der Waals surface area contributed by atoms with E-state index < -0.39 is 6.10 Å². The summed E-state index contributed by atoms with van der Waals surface area (Å²) in [6.07, 6.45) is 2.79. The Morgan fingerprint density at radius 3 is 2.97 bits per heavy atom. The Balaban J connectivity index is 1.68.